The summed E-state index contributed by atoms with van der Waals surface area (Å²) in [6, 6.07) is 5.80. The average Bonchev–Trinajstić information content (AvgIpc) is 3.03. The van der Waals surface area contributed by atoms with Crippen molar-refractivity contribution in [2.75, 3.05) is 5.32 Å². The van der Waals surface area contributed by atoms with Crippen molar-refractivity contribution < 1.29 is 4.79 Å². The van der Waals surface area contributed by atoms with Crippen LogP contribution in [0.15, 0.2) is 29.2 Å². The maximum Gasteiger partial charge on any atom is 0.264 e. The Morgan fingerprint density at radius 1 is 1.18 bits per heavy atom. The van der Waals surface area contributed by atoms with Crippen LogP contribution in [0.25, 0.3) is 11.0 Å². The summed E-state index contributed by atoms with van der Waals surface area (Å²) in [5.74, 6) is 0.438. The number of aryl methyl sites for hydroxylation is 2. The molecule has 0 fully saturated rings. The first-order valence-electron chi connectivity index (χ1n) is 9.41. The Morgan fingerprint density at radius 2 is 1.89 bits per heavy atom. The zero-order chi connectivity index (χ0) is 20.6. The van der Waals surface area contributed by atoms with E-state index in [4.69, 9.17) is 0 Å². The van der Waals surface area contributed by atoms with Gasteiger partial charge in [0, 0.05) is 18.7 Å². The van der Waals surface area contributed by atoms with Gasteiger partial charge in [0.2, 0.25) is 5.91 Å². The van der Waals surface area contributed by atoms with Gasteiger partial charge in [-0.3, -0.25) is 14.2 Å². The Morgan fingerprint density at radius 3 is 2.57 bits per heavy atom. The zero-order valence-corrected chi connectivity index (χ0v) is 17.3. The molecular formula is C21H27N5O2. The molecule has 0 saturated carbocycles. The second-order valence-corrected chi connectivity index (χ2v) is 8.13. The van der Waals surface area contributed by atoms with E-state index in [1.165, 1.54) is 0 Å². The van der Waals surface area contributed by atoms with E-state index in [1.807, 2.05) is 52.8 Å². The Kier molecular flexibility index (Phi) is 5.10. The average molecular weight is 381 g/mol. The summed E-state index contributed by atoms with van der Waals surface area (Å²) in [7, 11) is 0. The molecule has 0 aliphatic rings. The molecule has 7 nitrogen and oxygen atoms in total. The largest absolute Gasteiger partial charge is 0.326 e. The number of hydrogen-bond donors (Lipinski definition) is 1. The monoisotopic (exact) mass is 381 g/mol. The summed E-state index contributed by atoms with van der Waals surface area (Å²) in [5.41, 5.74) is 3.10. The predicted octanol–water partition coefficient (Wildman–Crippen LogP) is 3.30. The molecule has 7 heteroatoms. The molecule has 0 spiro atoms. The summed E-state index contributed by atoms with van der Waals surface area (Å²) in [6.45, 7) is 12.1. The molecule has 0 unspecified atom stereocenters. The van der Waals surface area contributed by atoms with E-state index in [9.17, 15) is 9.59 Å². The van der Waals surface area contributed by atoms with Crippen LogP contribution in [0.1, 0.15) is 44.1 Å². The van der Waals surface area contributed by atoms with Crippen molar-refractivity contribution in [2.24, 2.45) is 0 Å². The standard InChI is InChI=1S/C21H27N5O2/c1-13-8-7-9-17(14(13)2)24-18(27)10-11-25-15(3)23-19-16(20(25)28)12-22-26(19)21(4,5)6/h7-9,12H,10-11H2,1-6H3,(H,24,27). The van der Waals surface area contributed by atoms with E-state index in [0.29, 0.717) is 16.9 Å². The van der Waals surface area contributed by atoms with E-state index in [-0.39, 0.29) is 30.0 Å². The Labute approximate surface area is 164 Å². The molecule has 0 saturated heterocycles. The van der Waals surface area contributed by atoms with Gasteiger partial charge < -0.3 is 5.32 Å². The molecule has 148 valence electrons. The number of nitrogens with zero attached hydrogens (tertiary/aromatic N) is 4. The van der Waals surface area contributed by atoms with Gasteiger partial charge in [-0.25, -0.2) is 9.67 Å². The molecule has 0 radical (unpaired) electrons. The van der Waals surface area contributed by atoms with Gasteiger partial charge in [-0.05, 0) is 58.7 Å². The topological polar surface area (TPSA) is 81.8 Å². The maximum absolute atomic E-state index is 12.9. The van der Waals surface area contributed by atoms with Gasteiger partial charge in [-0.15, -0.1) is 0 Å². The number of hydrogen-bond acceptors (Lipinski definition) is 4. The summed E-state index contributed by atoms with van der Waals surface area (Å²) < 4.78 is 3.30. The van der Waals surface area contributed by atoms with Crippen LogP contribution in [0.4, 0.5) is 5.69 Å². The van der Waals surface area contributed by atoms with Crippen molar-refractivity contribution in [1.82, 2.24) is 19.3 Å². The minimum atomic E-state index is -0.272. The lowest BCUT2D eigenvalue weighted by Crippen LogP contribution is -2.28. The van der Waals surface area contributed by atoms with E-state index in [0.717, 1.165) is 16.8 Å². The van der Waals surface area contributed by atoms with Gasteiger partial charge in [0.15, 0.2) is 5.65 Å². The van der Waals surface area contributed by atoms with Gasteiger partial charge in [-0.1, -0.05) is 12.1 Å². The molecule has 2 aromatic heterocycles. The van der Waals surface area contributed by atoms with Crippen LogP contribution < -0.4 is 10.9 Å². The number of aromatic nitrogens is 4. The third-order valence-corrected chi connectivity index (χ3v) is 4.95. The van der Waals surface area contributed by atoms with E-state index >= 15 is 0 Å². The first-order valence-corrected chi connectivity index (χ1v) is 9.41. The van der Waals surface area contributed by atoms with Crippen LogP contribution in [-0.2, 0) is 16.9 Å². The van der Waals surface area contributed by atoms with Crippen LogP contribution >= 0.6 is 0 Å². The molecule has 1 aromatic carbocycles. The number of nitrogens with one attached hydrogen (secondary N) is 1. The molecule has 0 aliphatic carbocycles. The van der Waals surface area contributed by atoms with Crippen LogP contribution in [0.5, 0.6) is 0 Å². The van der Waals surface area contributed by atoms with Gasteiger partial charge in [0.1, 0.15) is 11.2 Å². The van der Waals surface area contributed by atoms with Crippen molar-refractivity contribution in [2.45, 2.75) is 60.0 Å². The number of rotatable bonds is 4. The van der Waals surface area contributed by atoms with Crippen molar-refractivity contribution >= 4 is 22.6 Å². The van der Waals surface area contributed by atoms with Gasteiger partial charge in [-0.2, -0.15) is 5.10 Å². The lowest BCUT2D eigenvalue weighted by molar-refractivity contribution is -0.116. The number of carbonyl (C=O) groups is 1. The Bertz CT molecular complexity index is 1100. The predicted molar refractivity (Wildman–Crippen MR) is 111 cm³/mol. The van der Waals surface area contributed by atoms with Crippen molar-refractivity contribution in [3.63, 3.8) is 0 Å². The second-order valence-electron chi connectivity index (χ2n) is 8.13. The normalized spacial score (nSPS) is 11.8. The van der Waals surface area contributed by atoms with Crippen molar-refractivity contribution in [1.29, 1.82) is 0 Å². The highest BCUT2D eigenvalue weighted by molar-refractivity contribution is 5.91. The number of carbonyl (C=O) groups excluding carboxylic acids is 1. The summed E-state index contributed by atoms with van der Waals surface area (Å²) in [4.78, 5) is 29.9. The molecule has 1 N–H and O–H groups in total. The van der Waals surface area contributed by atoms with Gasteiger partial charge >= 0.3 is 0 Å². The SMILES string of the molecule is Cc1cccc(NC(=O)CCn2c(C)nc3c(cnn3C(C)(C)C)c2=O)c1C. The Hall–Kier alpha value is -2.96. The maximum atomic E-state index is 12.9. The smallest absolute Gasteiger partial charge is 0.264 e. The first-order chi connectivity index (χ1) is 13.1. The molecule has 3 rings (SSSR count). The number of benzene rings is 1. The van der Waals surface area contributed by atoms with Crippen LogP contribution in [-0.4, -0.2) is 25.2 Å². The minimum absolute atomic E-state index is 0.134. The molecule has 2 heterocycles. The fraction of sp³-hybridized carbons (Fsp3) is 0.429. The van der Waals surface area contributed by atoms with Crippen LogP contribution in [0.3, 0.4) is 0 Å². The quantitative estimate of drug-likeness (QED) is 0.752. The van der Waals surface area contributed by atoms with Crippen LogP contribution in [0, 0.1) is 20.8 Å². The lowest BCUT2D eigenvalue weighted by Gasteiger charge is -2.20. The third kappa shape index (κ3) is 3.69. The first kappa shape index (κ1) is 19.8. The summed E-state index contributed by atoms with van der Waals surface area (Å²) >= 11 is 0. The molecule has 28 heavy (non-hydrogen) atoms. The molecule has 3 aromatic rings. The highest BCUT2D eigenvalue weighted by Crippen LogP contribution is 2.19. The fourth-order valence-electron chi connectivity index (χ4n) is 3.17. The van der Waals surface area contributed by atoms with Crippen molar-refractivity contribution in [3.05, 3.63) is 51.7 Å². The fourth-order valence-corrected chi connectivity index (χ4v) is 3.17. The van der Waals surface area contributed by atoms with E-state index < -0.39 is 0 Å². The van der Waals surface area contributed by atoms with Gasteiger partial charge in [0.25, 0.3) is 5.56 Å². The van der Waals surface area contributed by atoms with E-state index in [1.54, 1.807) is 22.4 Å². The number of fused-ring (bicyclic) bond motifs is 1. The van der Waals surface area contributed by atoms with E-state index in [2.05, 4.69) is 15.4 Å². The molecule has 0 aliphatic heterocycles. The zero-order valence-electron chi connectivity index (χ0n) is 17.3. The lowest BCUT2D eigenvalue weighted by atomic mass is 10.1. The number of anilines is 1. The summed E-state index contributed by atoms with van der Waals surface area (Å²) in [5, 5.41) is 7.74. The summed E-state index contributed by atoms with van der Waals surface area (Å²) in [6.07, 6.45) is 1.75. The molecule has 0 bridgehead atoms. The second kappa shape index (κ2) is 7.22. The molecular weight excluding hydrogens is 354 g/mol. The molecule has 0 atom stereocenters. The van der Waals surface area contributed by atoms with Gasteiger partial charge in [0.05, 0.1) is 11.7 Å². The van der Waals surface area contributed by atoms with Crippen molar-refractivity contribution in [3.8, 4) is 0 Å². The minimum Gasteiger partial charge on any atom is -0.326 e. The van der Waals surface area contributed by atoms with Crippen LogP contribution in [0.2, 0.25) is 0 Å². The third-order valence-electron chi connectivity index (χ3n) is 4.95. The number of amides is 1. The molecule has 1 amide bonds. The Balaban J connectivity index is 1.82. The highest BCUT2D eigenvalue weighted by Gasteiger charge is 2.21. The highest BCUT2D eigenvalue weighted by atomic mass is 16.2.